The second-order valence-corrected chi connectivity index (χ2v) is 13.5. The van der Waals surface area contributed by atoms with E-state index in [2.05, 4.69) is 51.1 Å². The van der Waals surface area contributed by atoms with Gasteiger partial charge in [0.1, 0.15) is 0 Å². The number of hydrogen-bond acceptors (Lipinski definition) is 4. The fraction of sp³-hybridized carbons (Fsp3) is 0.781. The zero-order valence-corrected chi connectivity index (χ0v) is 22.9. The maximum atomic E-state index is 12.2. The highest BCUT2D eigenvalue weighted by Gasteiger charge is 2.65. The van der Waals surface area contributed by atoms with Crippen LogP contribution in [-0.4, -0.2) is 35.5 Å². The van der Waals surface area contributed by atoms with Crippen molar-refractivity contribution in [1.82, 2.24) is 0 Å². The molecule has 0 aromatic heterocycles. The Morgan fingerprint density at radius 1 is 1.00 bits per heavy atom. The first kappa shape index (κ1) is 26.2. The monoisotopic (exact) mass is 496 g/mol. The maximum absolute atomic E-state index is 12.2. The Morgan fingerprint density at radius 3 is 2.42 bits per heavy atom. The molecule has 11 atom stereocenters. The number of hydrogen-bond donors (Lipinski definition) is 2. The smallest absolute Gasteiger partial charge is 0.305 e. The molecule has 4 aliphatic rings. The molecule has 1 aromatic rings. The number of esters is 1. The average Bonchev–Trinajstić information content (AvgIpc) is 3.23. The molecule has 4 nitrogen and oxygen atoms in total. The Kier molecular flexibility index (Phi) is 7.33. The molecule has 0 saturated heterocycles. The predicted molar refractivity (Wildman–Crippen MR) is 142 cm³/mol. The number of fused-ring (bicyclic) bond motifs is 5. The second kappa shape index (κ2) is 10.1. The molecule has 2 N–H and O–H groups in total. The van der Waals surface area contributed by atoms with Crippen LogP contribution in [0.5, 0.6) is 0 Å². The summed E-state index contributed by atoms with van der Waals surface area (Å²) in [7, 11) is 1.48. The van der Waals surface area contributed by atoms with Crippen molar-refractivity contribution in [3.05, 3.63) is 35.9 Å². The highest BCUT2D eigenvalue weighted by atomic mass is 16.5. The van der Waals surface area contributed by atoms with Crippen LogP contribution in [0.1, 0.15) is 84.1 Å². The molecule has 0 bridgehead atoms. The second-order valence-electron chi connectivity index (χ2n) is 13.5. The van der Waals surface area contributed by atoms with Crippen LogP contribution in [0.25, 0.3) is 0 Å². The van der Waals surface area contributed by atoms with Gasteiger partial charge in [-0.1, -0.05) is 51.1 Å². The predicted octanol–water partition coefficient (Wildman–Crippen LogP) is 6.04. The largest absolute Gasteiger partial charge is 0.469 e. The first-order valence-electron chi connectivity index (χ1n) is 14.7. The van der Waals surface area contributed by atoms with Crippen LogP contribution in [0.2, 0.25) is 0 Å². The fourth-order valence-electron chi connectivity index (χ4n) is 10.2. The number of carbonyl (C=O) groups excluding carboxylic acids is 1. The van der Waals surface area contributed by atoms with Crippen molar-refractivity contribution in [2.24, 2.45) is 52.3 Å². The van der Waals surface area contributed by atoms with E-state index in [-0.39, 0.29) is 34.9 Å². The van der Waals surface area contributed by atoms with Crippen LogP contribution >= 0.6 is 0 Å². The zero-order valence-electron chi connectivity index (χ0n) is 22.9. The van der Waals surface area contributed by atoms with Crippen LogP contribution < -0.4 is 0 Å². The summed E-state index contributed by atoms with van der Waals surface area (Å²) in [5.74, 6) is 2.99. The summed E-state index contributed by atoms with van der Waals surface area (Å²) in [6.45, 7) is 7.36. The van der Waals surface area contributed by atoms with Crippen molar-refractivity contribution in [3.63, 3.8) is 0 Å². The molecule has 4 saturated carbocycles. The van der Waals surface area contributed by atoms with Crippen molar-refractivity contribution >= 4 is 5.97 Å². The molecule has 0 heterocycles. The molecule has 4 aliphatic carbocycles. The fourth-order valence-corrected chi connectivity index (χ4v) is 10.2. The van der Waals surface area contributed by atoms with Crippen LogP contribution in [-0.2, 0) is 16.0 Å². The minimum absolute atomic E-state index is 0.102. The SMILES string of the molecule is COC(=O)CC[C@@H](C)[C@H]1CC[C@H]2[C@@H]3[C@H](O)[C@H](Cc4ccccc4)[C@@H]4C[C@H](O)CC[C@]4(C)[C@H]3CC[C@]12C. The van der Waals surface area contributed by atoms with E-state index in [9.17, 15) is 15.0 Å². The van der Waals surface area contributed by atoms with Gasteiger partial charge in [0.25, 0.3) is 0 Å². The van der Waals surface area contributed by atoms with E-state index >= 15 is 0 Å². The summed E-state index contributed by atoms with van der Waals surface area (Å²) in [6.07, 6.45) is 9.41. The van der Waals surface area contributed by atoms with E-state index in [0.717, 1.165) is 32.1 Å². The molecule has 0 unspecified atom stereocenters. The molecular formula is C32H48O4. The van der Waals surface area contributed by atoms with E-state index in [1.807, 2.05) is 0 Å². The minimum Gasteiger partial charge on any atom is -0.469 e. The summed E-state index contributed by atoms with van der Waals surface area (Å²) in [5, 5.41) is 22.9. The molecule has 200 valence electrons. The lowest BCUT2D eigenvalue weighted by molar-refractivity contribution is -0.202. The topological polar surface area (TPSA) is 66.8 Å². The van der Waals surface area contributed by atoms with Crippen LogP contribution in [0, 0.1) is 52.3 Å². The molecule has 5 rings (SSSR count). The summed E-state index contributed by atoms with van der Waals surface area (Å²) < 4.78 is 4.92. The first-order chi connectivity index (χ1) is 17.2. The third kappa shape index (κ3) is 4.34. The number of aliphatic hydroxyl groups is 2. The number of benzene rings is 1. The lowest BCUT2D eigenvalue weighted by Gasteiger charge is -2.65. The van der Waals surface area contributed by atoms with E-state index < -0.39 is 0 Å². The van der Waals surface area contributed by atoms with E-state index in [1.165, 1.54) is 38.4 Å². The molecule has 1 aromatic carbocycles. The summed E-state index contributed by atoms with van der Waals surface area (Å²) in [6, 6.07) is 10.7. The van der Waals surface area contributed by atoms with Gasteiger partial charge in [-0.25, -0.2) is 0 Å². The molecule has 0 radical (unpaired) electrons. The van der Waals surface area contributed by atoms with Gasteiger partial charge < -0.3 is 14.9 Å². The Morgan fingerprint density at radius 2 is 1.69 bits per heavy atom. The molecular weight excluding hydrogens is 448 g/mol. The van der Waals surface area contributed by atoms with Gasteiger partial charge in [0.05, 0.1) is 19.3 Å². The maximum Gasteiger partial charge on any atom is 0.305 e. The van der Waals surface area contributed by atoms with Crippen molar-refractivity contribution in [2.45, 2.75) is 97.2 Å². The number of aliphatic hydroxyl groups excluding tert-OH is 2. The number of rotatable bonds is 6. The first-order valence-corrected chi connectivity index (χ1v) is 14.7. The molecule has 36 heavy (non-hydrogen) atoms. The van der Waals surface area contributed by atoms with Gasteiger partial charge in [-0.2, -0.15) is 0 Å². The lowest BCUT2D eigenvalue weighted by Crippen LogP contribution is -2.62. The number of carbonyl (C=O) groups is 1. The van der Waals surface area contributed by atoms with Crippen LogP contribution in [0.3, 0.4) is 0 Å². The van der Waals surface area contributed by atoms with Crippen LogP contribution in [0.15, 0.2) is 30.3 Å². The van der Waals surface area contributed by atoms with E-state index in [0.29, 0.717) is 41.9 Å². The quantitative estimate of drug-likeness (QED) is 0.472. The molecule has 0 aliphatic heterocycles. The summed E-state index contributed by atoms with van der Waals surface area (Å²) in [4.78, 5) is 11.8. The van der Waals surface area contributed by atoms with Crippen molar-refractivity contribution in [1.29, 1.82) is 0 Å². The van der Waals surface area contributed by atoms with Gasteiger partial charge in [0, 0.05) is 6.42 Å². The van der Waals surface area contributed by atoms with Gasteiger partial charge >= 0.3 is 5.97 Å². The third-order valence-corrected chi connectivity index (χ3v) is 12.0. The Labute approximate surface area is 218 Å². The van der Waals surface area contributed by atoms with E-state index in [1.54, 1.807) is 0 Å². The van der Waals surface area contributed by atoms with Crippen molar-refractivity contribution in [3.8, 4) is 0 Å². The van der Waals surface area contributed by atoms with Gasteiger partial charge in [-0.3, -0.25) is 4.79 Å². The number of methoxy groups -OCH3 is 1. The highest BCUT2D eigenvalue weighted by Crippen LogP contribution is 2.69. The average molecular weight is 497 g/mol. The van der Waals surface area contributed by atoms with Gasteiger partial charge in [0.15, 0.2) is 0 Å². The van der Waals surface area contributed by atoms with Gasteiger partial charge in [0.2, 0.25) is 0 Å². The Hall–Kier alpha value is -1.39. The third-order valence-electron chi connectivity index (χ3n) is 12.0. The minimum atomic E-state index is -0.313. The van der Waals surface area contributed by atoms with E-state index in [4.69, 9.17) is 4.74 Å². The summed E-state index contributed by atoms with van der Waals surface area (Å²) >= 11 is 0. The summed E-state index contributed by atoms with van der Waals surface area (Å²) in [5.41, 5.74) is 1.73. The standard InChI is InChI=1S/C32H48O4/c1-20(10-13-28(34)36-4)24-11-12-25-29-26(15-17-31(24,25)2)32(3)16-14-22(33)19-27(32)23(30(29)35)18-21-8-6-5-7-9-21/h5-9,20,22-27,29-30,33,35H,10-19H2,1-4H3/t20-,22-,23-,24-,25+,26+,27+,29+,30-,31-,32-/m1/s1. The molecule has 0 amide bonds. The van der Waals surface area contributed by atoms with Crippen LogP contribution in [0.4, 0.5) is 0 Å². The molecule has 0 spiro atoms. The Balaban J connectivity index is 1.44. The normalized spacial score (nSPS) is 44.7. The van der Waals surface area contributed by atoms with Gasteiger partial charge in [-0.05, 0) is 116 Å². The lowest BCUT2D eigenvalue weighted by atomic mass is 9.41. The van der Waals surface area contributed by atoms with Crippen molar-refractivity contribution in [2.75, 3.05) is 7.11 Å². The van der Waals surface area contributed by atoms with Gasteiger partial charge in [-0.15, -0.1) is 0 Å². The van der Waals surface area contributed by atoms with Crippen molar-refractivity contribution < 1.29 is 19.7 Å². The molecule has 4 heteroatoms. The highest BCUT2D eigenvalue weighted by molar-refractivity contribution is 5.69. The number of ether oxygens (including phenoxy) is 1. The molecule has 4 fully saturated rings. The zero-order chi connectivity index (χ0) is 25.7. The Bertz CT molecular complexity index is 916.